The van der Waals surface area contributed by atoms with Crippen LogP contribution < -0.4 is 10.5 Å². The first-order valence-corrected chi connectivity index (χ1v) is 8.30. The predicted octanol–water partition coefficient (Wildman–Crippen LogP) is 3.57. The van der Waals surface area contributed by atoms with E-state index in [9.17, 15) is 9.59 Å². The molecular weight excluding hydrogens is 310 g/mol. The van der Waals surface area contributed by atoms with Gasteiger partial charge in [-0.25, -0.2) is 4.79 Å². The van der Waals surface area contributed by atoms with Crippen molar-refractivity contribution in [2.24, 2.45) is 0 Å². The Kier molecular flexibility index (Phi) is 3.42. The molecule has 4 rings (SSSR count). The Morgan fingerprint density at radius 2 is 1.74 bits per heavy atom. The maximum absolute atomic E-state index is 12.4. The zero-order valence-electron chi connectivity index (χ0n) is 12.1. The van der Waals surface area contributed by atoms with Gasteiger partial charge in [-0.05, 0) is 17.7 Å². The Morgan fingerprint density at radius 3 is 2.57 bits per heavy atom. The maximum atomic E-state index is 12.4. The molecule has 3 aromatic rings. The maximum Gasteiger partial charge on any atom is 0.360 e. The van der Waals surface area contributed by atoms with E-state index in [0.717, 1.165) is 10.9 Å². The van der Waals surface area contributed by atoms with Crippen molar-refractivity contribution in [3.8, 4) is 0 Å². The lowest BCUT2D eigenvalue weighted by Gasteiger charge is -2.23. The lowest BCUT2D eigenvalue weighted by Crippen LogP contribution is -2.31. The van der Waals surface area contributed by atoms with Gasteiger partial charge < -0.3 is 4.42 Å². The highest BCUT2D eigenvalue weighted by Crippen LogP contribution is 2.41. The number of carbonyl (C=O) groups is 1. The van der Waals surface area contributed by atoms with Gasteiger partial charge in [-0.3, -0.25) is 9.69 Å². The molecule has 1 atom stereocenters. The van der Waals surface area contributed by atoms with E-state index in [1.807, 2.05) is 48.5 Å². The SMILES string of the molecule is O=C1CSC(c2ccccc2)N1c1cc2ccccc2oc1=O. The second-order valence-electron chi connectivity index (χ2n) is 5.29. The topological polar surface area (TPSA) is 50.5 Å². The van der Waals surface area contributed by atoms with E-state index in [4.69, 9.17) is 4.42 Å². The number of rotatable bonds is 2. The van der Waals surface area contributed by atoms with Gasteiger partial charge in [0.05, 0.1) is 5.75 Å². The first kappa shape index (κ1) is 14.1. The van der Waals surface area contributed by atoms with Crippen LogP contribution >= 0.6 is 11.8 Å². The van der Waals surface area contributed by atoms with Crippen molar-refractivity contribution in [3.63, 3.8) is 0 Å². The quantitative estimate of drug-likeness (QED) is 0.677. The fraction of sp³-hybridized carbons (Fsp3) is 0.111. The van der Waals surface area contributed by atoms with Crippen molar-refractivity contribution in [2.45, 2.75) is 5.37 Å². The van der Waals surface area contributed by atoms with Gasteiger partial charge in [0.1, 0.15) is 16.6 Å². The van der Waals surface area contributed by atoms with Gasteiger partial charge in [0.2, 0.25) is 5.91 Å². The van der Waals surface area contributed by atoms with Crippen LogP contribution in [0.15, 0.2) is 69.9 Å². The highest BCUT2D eigenvalue weighted by molar-refractivity contribution is 8.00. The average molecular weight is 323 g/mol. The number of fused-ring (bicyclic) bond motifs is 1. The van der Waals surface area contributed by atoms with E-state index in [1.54, 1.807) is 17.0 Å². The molecule has 1 fully saturated rings. The molecule has 0 spiro atoms. The third-order valence-electron chi connectivity index (χ3n) is 3.84. The zero-order chi connectivity index (χ0) is 15.8. The minimum Gasteiger partial charge on any atom is -0.421 e. The van der Waals surface area contributed by atoms with E-state index in [-0.39, 0.29) is 11.3 Å². The van der Waals surface area contributed by atoms with Crippen molar-refractivity contribution in [1.82, 2.24) is 0 Å². The number of para-hydroxylation sites is 1. The number of nitrogens with zero attached hydrogens (tertiary/aromatic N) is 1. The Hall–Kier alpha value is -2.53. The molecule has 1 unspecified atom stereocenters. The first-order valence-electron chi connectivity index (χ1n) is 7.25. The molecule has 0 aliphatic carbocycles. The van der Waals surface area contributed by atoms with Crippen molar-refractivity contribution in [2.75, 3.05) is 10.7 Å². The molecule has 1 aromatic heterocycles. The van der Waals surface area contributed by atoms with Crippen LogP contribution in [0, 0.1) is 0 Å². The van der Waals surface area contributed by atoms with Crippen molar-refractivity contribution >= 4 is 34.3 Å². The summed E-state index contributed by atoms with van der Waals surface area (Å²) in [5.41, 5.74) is 1.33. The number of anilines is 1. The molecule has 0 saturated carbocycles. The minimum absolute atomic E-state index is 0.0774. The van der Waals surface area contributed by atoms with E-state index in [1.165, 1.54) is 11.8 Å². The Morgan fingerprint density at radius 1 is 1.00 bits per heavy atom. The molecule has 0 bridgehead atoms. The van der Waals surface area contributed by atoms with Crippen LogP contribution in [0.3, 0.4) is 0 Å². The number of amides is 1. The lowest BCUT2D eigenvalue weighted by molar-refractivity contribution is -0.115. The summed E-state index contributed by atoms with van der Waals surface area (Å²) in [6.07, 6.45) is 0. The molecular formula is C18H13NO3S. The van der Waals surface area contributed by atoms with Gasteiger partial charge in [-0.15, -0.1) is 11.8 Å². The van der Waals surface area contributed by atoms with Crippen molar-refractivity contribution < 1.29 is 9.21 Å². The van der Waals surface area contributed by atoms with Crippen LogP contribution in [0.5, 0.6) is 0 Å². The minimum atomic E-state index is -0.486. The smallest absolute Gasteiger partial charge is 0.360 e. The number of hydrogen-bond donors (Lipinski definition) is 0. The molecule has 23 heavy (non-hydrogen) atoms. The number of hydrogen-bond acceptors (Lipinski definition) is 4. The van der Waals surface area contributed by atoms with Crippen LogP contribution in [0.4, 0.5) is 5.69 Å². The summed E-state index contributed by atoms with van der Waals surface area (Å²) in [5.74, 6) is 0.276. The van der Waals surface area contributed by atoms with Crippen LogP contribution in [-0.4, -0.2) is 11.7 Å². The second-order valence-corrected chi connectivity index (χ2v) is 6.36. The van der Waals surface area contributed by atoms with E-state index in [0.29, 0.717) is 17.0 Å². The first-order chi connectivity index (χ1) is 11.2. The van der Waals surface area contributed by atoms with Gasteiger partial charge in [-0.1, -0.05) is 48.5 Å². The third-order valence-corrected chi connectivity index (χ3v) is 5.05. The summed E-state index contributed by atoms with van der Waals surface area (Å²) in [5, 5.41) is 0.603. The monoisotopic (exact) mass is 323 g/mol. The van der Waals surface area contributed by atoms with E-state index < -0.39 is 5.63 Å². The normalized spacial score (nSPS) is 17.8. The largest absolute Gasteiger partial charge is 0.421 e. The summed E-state index contributed by atoms with van der Waals surface area (Å²) in [4.78, 5) is 26.3. The van der Waals surface area contributed by atoms with Crippen LogP contribution in [-0.2, 0) is 4.79 Å². The Balaban J connectivity index is 1.86. The highest BCUT2D eigenvalue weighted by atomic mass is 32.2. The summed E-state index contributed by atoms with van der Waals surface area (Å²) in [6, 6.07) is 18.8. The van der Waals surface area contributed by atoms with E-state index in [2.05, 4.69) is 0 Å². The molecule has 2 aromatic carbocycles. The Bertz CT molecular complexity index is 936. The van der Waals surface area contributed by atoms with Gasteiger partial charge in [0.25, 0.3) is 0 Å². The summed E-state index contributed by atoms with van der Waals surface area (Å²) < 4.78 is 5.38. The molecule has 1 aliphatic heterocycles. The summed E-state index contributed by atoms with van der Waals surface area (Å²) in [7, 11) is 0. The predicted molar refractivity (Wildman–Crippen MR) is 91.6 cm³/mol. The molecule has 1 saturated heterocycles. The van der Waals surface area contributed by atoms with Gasteiger partial charge in [-0.2, -0.15) is 0 Å². The molecule has 0 radical (unpaired) electrons. The number of benzene rings is 2. The average Bonchev–Trinajstić information content (AvgIpc) is 2.96. The highest BCUT2D eigenvalue weighted by Gasteiger charge is 2.35. The fourth-order valence-electron chi connectivity index (χ4n) is 2.77. The van der Waals surface area contributed by atoms with Crippen molar-refractivity contribution in [1.29, 1.82) is 0 Å². The van der Waals surface area contributed by atoms with E-state index >= 15 is 0 Å². The van der Waals surface area contributed by atoms with Crippen LogP contribution in [0.2, 0.25) is 0 Å². The van der Waals surface area contributed by atoms with Crippen LogP contribution in [0.25, 0.3) is 11.0 Å². The summed E-state index contributed by atoms with van der Waals surface area (Å²) >= 11 is 1.52. The van der Waals surface area contributed by atoms with Crippen LogP contribution in [0.1, 0.15) is 10.9 Å². The Labute approximate surface area is 136 Å². The summed E-state index contributed by atoms with van der Waals surface area (Å²) in [6.45, 7) is 0. The molecule has 2 heterocycles. The number of carbonyl (C=O) groups excluding carboxylic acids is 1. The van der Waals surface area contributed by atoms with Crippen molar-refractivity contribution in [3.05, 3.63) is 76.6 Å². The molecule has 1 aliphatic rings. The molecule has 0 N–H and O–H groups in total. The number of thioether (sulfide) groups is 1. The molecule has 4 nitrogen and oxygen atoms in total. The molecule has 5 heteroatoms. The molecule has 114 valence electrons. The molecule has 1 amide bonds. The van der Waals surface area contributed by atoms with Gasteiger partial charge in [0, 0.05) is 5.39 Å². The lowest BCUT2D eigenvalue weighted by atomic mass is 10.2. The second kappa shape index (κ2) is 5.59. The van der Waals surface area contributed by atoms with Gasteiger partial charge in [0.15, 0.2) is 0 Å². The zero-order valence-corrected chi connectivity index (χ0v) is 13.0. The van der Waals surface area contributed by atoms with Gasteiger partial charge >= 0.3 is 5.63 Å². The third kappa shape index (κ3) is 2.43. The fourth-order valence-corrected chi connectivity index (χ4v) is 3.94. The standard InChI is InChI=1S/C18H13NO3S/c20-16-11-23-17(12-6-2-1-3-7-12)19(16)14-10-13-8-4-5-9-15(13)22-18(14)21/h1-10,17H,11H2.